The van der Waals surface area contributed by atoms with E-state index < -0.39 is 0 Å². The smallest absolute Gasteiger partial charge is 0.306 e. The van der Waals surface area contributed by atoms with E-state index in [0.717, 1.165) is 174 Å². The number of ether oxygens (including phenoxy) is 3. The van der Waals surface area contributed by atoms with E-state index in [1.54, 1.807) is 0 Å². The van der Waals surface area contributed by atoms with Gasteiger partial charge in [0.25, 0.3) is 0 Å². The molecule has 1 atom stereocenters. The predicted octanol–water partition coefficient (Wildman–Crippen LogP) is 23.6. The number of nitrogens with zero attached hydrogens (tertiary/aromatic N) is 2. The van der Waals surface area contributed by atoms with Crippen LogP contribution >= 0.6 is 0 Å². The Morgan fingerprint density at radius 1 is 0.309 bits per heavy atom. The third-order valence-corrected chi connectivity index (χ3v) is 19.2. The number of rotatable bonds is 74. The van der Waals surface area contributed by atoms with Crippen LogP contribution in [0.4, 0.5) is 0 Å². The van der Waals surface area contributed by atoms with Gasteiger partial charge >= 0.3 is 17.9 Å². The van der Waals surface area contributed by atoms with Gasteiger partial charge in [0.1, 0.15) is 6.10 Å². The van der Waals surface area contributed by atoms with Crippen molar-refractivity contribution in [3.63, 3.8) is 0 Å². The van der Waals surface area contributed by atoms with E-state index in [4.69, 9.17) is 14.2 Å². The van der Waals surface area contributed by atoms with Crippen molar-refractivity contribution in [3.05, 3.63) is 0 Å². The lowest BCUT2D eigenvalue weighted by Crippen LogP contribution is -2.38. The van der Waals surface area contributed by atoms with E-state index in [9.17, 15) is 29.7 Å². The van der Waals surface area contributed by atoms with E-state index in [-0.39, 0.29) is 49.2 Å². The first-order valence-electron chi connectivity index (χ1n) is 41.9. The SMILES string of the molecule is CC.CCCCCCCC(=O)OCC(CCCCCN(CCCCCO)CC(O)C(CCCC)CCCC)COC(=O)CCCCCCC.CCCCCCCCCCCCCCN(CCO)CCCCCCCC(=O)OC(CCCCCCCC)CCCCCCCC. The molecule has 0 aliphatic carbocycles. The summed E-state index contributed by atoms with van der Waals surface area (Å²) in [6, 6.07) is 0. The Morgan fingerprint density at radius 2 is 0.606 bits per heavy atom. The van der Waals surface area contributed by atoms with Gasteiger partial charge in [-0.05, 0) is 135 Å². The van der Waals surface area contributed by atoms with Crippen LogP contribution in [0.1, 0.15) is 428 Å². The van der Waals surface area contributed by atoms with Crippen LogP contribution in [0.25, 0.3) is 0 Å². The number of carbonyl (C=O) groups is 3. The van der Waals surface area contributed by atoms with Crippen molar-refractivity contribution < 1.29 is 43.9 Å². The normalized spacial score (nSPS) is 11.8. The summed E-state index contributed by atoms with van der Waals surface area (Å²) in [4.78, 5) is 42.4. The average molecular weight is 1340 g/mol. The van der Waals surface area contributed by atoms with Gasteiger partial charge in [-0.2, -0.15) is 0 Å². The third kappa shape index (κ3) is 72.9. The molecule has 1 unspecified atom stereocenters. The van der Waals surface area contributed by atoms with E-state index >= 15 is 0 Å². The molecule has 0 aliphatic heterocycles. The highest BCUT2D eigenvalue weighted by Gasteiger charge is 2.22. The third-order valence-electron chi connectivity index (χ3n) is 19.2. The molecule has 564 valence electrons. The molecule has 94 heavy (non-hydrogen) atoms. The largest absolute Gasteiger partial charge is 0.465 e. The second-order valence-electron chi connectivity index (χ2n) is 28.3. The predicted molar refractivity (Wildman–Crippen MR) is 406 cm³/mol. The summed E-state index contributed by atoms with van der Waals surface area (Å²) in [5.74, 6) is 0.153. The van der Waals surface area contributed by atoms with Crippen LogP contribution in [-0.2, 0) is 28.6 Å². The number of unbranched alkanes of at least 4 members (excludes halogenated alkanes) is 39. The number of hydrogen-bond donors (Lipinski definition) is 3. The van der Waals surface area contributed by atoms with Crippen molar-refractivity contribution in [1.29, 1.82) is 0 Å². The highest BCUT2D eigenvalue weighted by Crippen LogP contribution is 2.24. The van der Waals surface area contributed by atoms with Gasteiger partial charge in [0.05, 0.1) is 25.9 Å². The van der Waals surface area contributed by atoms with Gasteiger partial charge < -0.3 is 39.3 Å². The first-order valence-corrected chi connectivity index (χ1v) is 41.9. The Labute approximate surface area is 586 Å². The maximum absolute atomic E-state index is 12.7. The molecule has 0 aliphatic rings. The maximum atomic E-state index is 12.7. The van der Waals surface area contributed by atoms with E-state index in [1.807, 2.05) is 13.8 Å². The molecule has 0 spiro atoms. The molecule has 0 amide bonds. The number of carbonyl (C=O) groups excluding carboxylic acids is 3. The van der Waals surface area contributed by atoms with Crippen LogP contribution in [0.5, 0.6) is 0 Å². The molecule has 3 N–H and O–H groups in total. The maximum Gasteiger partial charge on any atom is 0.306 e. The van der Waals surface area contributed by atoms with Gasteiger partial charge in [-0.25, -0.2) is 0 Å². The van der Waals surface area contributed by atoms with Crippen LogP contribution in [0.2, 0.25) is 0 Å². The van der Waals surface area contributed by atoms with Crippen molar-refractivity contribution in [2.24, 2.45) is 11.8 Å². The Morgan fingerprint density at radius 3 is 0.968 bits per heavy atom. The van der Waals surface area contributed by atoms with Crippen molar-refractivity contribution in [2.75, 3.05) is 65.7 Å². The molecule has 0 bridgehead atoms. The molecule has 0 aromatic rings. The molecule has 0 saturated carbocycles. The van der Waals surface area contributed by atoms with Gasteiger partial charge in [-0.1, -0.05) is 306 Å². The zero-order chi connectivity index (χ0) is 69.7. The number of hydrogen-bond acceptors (Lipinski definition) is 11. The minimum absolute atomic E-state index is 0.0254. The summed E-state index contributed by atoms with van der Waals surface area (Å²) in [7, 11) is 0. The molecule has 0 heterocycles. The minimum atomic E-state index is -0.294. The standard InChI is InChI=1S/C41H83NO3.C40H79NO6.C2H6/c1-4-7-10-13-16-17-18-19-20-21-26-31-36-42(38-39-43)37-32-27-22-25-30-35-41(44)45-40(33-28-23-14-11-8-5-2)34-29-24-15-12-9-6-3;1-5-9-13-15-20-28-39(44)46-34-36(35-47-40(45)29-21-16-14-10-6-2)25-19-17-22-30-41(31-23-18-24-32-42)33-38(43)37(26-11-7-3)27-12-8-4;1-2/h40,43H,4-39H2,1-3H3;36-38,42-43H,5-35H2,1-4H3;1-2H3. The van der Waals surface area contributed by atoms with Crippen LogP contribution < -0.4 is 0 Å². The average Bonchev–Trinajstić information content (AvgIpc) is 2.61. The summed E-state index contributed by atoms with van der Waals surface area (Å²) in [5, 5.41) is 30.0. The van der Waals surface area contributed by atoms with Gasteiger partial charge in [-0.15, -0.1) is 0 Å². The molecule has 0 saturated heterocycles. The molecular formula is C83H168N2O9. The van der Waals surface area contributed by atoms with E-state index in [0.29, 0.717) is 38.4 Å². The second kappa shape index (κ2) is 81.9. The fourth-order valence-corrected chi connectivity index (χ4v) is 12.9. The molecular weight excluding hydrogens is 1170 g/mol. The molecule has 0 rings (SSSR count). The summed E-state index contributed by atoms with van der Waals surface area (Å²) in [6.07, 6.45) is 66.0. The van der Waals surface area contributed by atoms with Crippen molar-refractivity contribution in [2.45, 2.75) is 441 Å². The summed E-state index contributed by atoms with van der Waals surface area (Å²) in [5.41, 5.74) is 0. The fourth-order valence-electron chi connectivity index (χ4n) is 12.9. The Hall–Kier alpha value is -1.79. The van der Waals surface area contributed by atoms with Gasteiger partial charge in [0.15, 0.2) is 0 Å². The lowest BCUT2D eigenvalue weighted by Gasteiger charge is -2.30. The fraction of sp³-hybridized carbons (Fsp3) is 0.964. The highest BCUT2D eigenvalue weighted by atomic mass is 16.6. The lowest BCUT2D eigenvalue weighted by atomic mass is 9.90. The molecule has 0 aromatic carbocycles. The second-order valence-corrected chi connectivity index (χ2v) is 28.3. The molecule has 11 nitrogen and oxygen atoms in total. The molecule has 0 fully saturated rings. The Kier molecular flexibility index (Phi) is 84.0. The van der Waals surface area contributed by atoms with Crippen molar-refractivity contribution >= 4 is 17.9 Å². The van der Waals surface area contributed by atoms with Crippen molar-refractivity contribution in [3.8, 4) is 0 Å². The number of aliphatic hydroxyl groups is 3. The first-order chi connectivity index (χ1) is 46.1. The van der Waals surface area contributed by atoms with Crippen molar-refractivity contribution in [1.82, 2.24) is 9.80 Å². The summed E-state index contributed by atoms with van der Waals surface area (Å²) < 4.78 is 17.3. The Balaban J connectivity index is -0.00000172. The zero-order valence-corrected chi connectivity index (χ0v) is 64.9. The van der Waals surface area contributed by atoms with Crippen LogP contribution in [0.3, 0.4) is 0 Å². The quantitative estimate of drug-likeness (QED) is 0.0304. The summed E-state index contributed by atoms with van der Waals surface area (Å²) >= 11 is 0. The highest BCUT2D eigenvalue weighted by molar-refractivity contribution is 5.70. The van der Waals surface area contributed by atoms with Crippen LogP contribution in [-0.4, -0.2) is 121 Å². The van der Waals surface area contributed by atoms with E-state index in [1.165, 1.54) is 212 Å². The van der Waals surface area contributed by atoms with Gasteiger partial charge in [0.2, 0.25) is 0 Å². The summed E-state index contributed by atoms with van der Waals surface area (Å²) in [6.45, 7) is 26.4. The number of esters is 3. The Bertz CT molecular complexity index is 1420. The zero-order valence-electron chi connectivity index (χ0n) is 64.9. The van der Waals surface area contributed by atoms with Gasteiger partial charge in [0, 0.05) is 44.9 Å². The monoisotopic (exact) mass is 1340 g/mol. The molecule has 11 heteroatoms. The van der Waals surface area contributed by atoms with Gasteiger partial charge in [-0.3, -0.25) is 14.4 Å². The first kappa shape index (κ1) is 96.4. The minimum Gasteiger partial charge on any atom is -0.465 e. The lowest BCUT2D eigenvalue weighted by molar-refractivity contribution is -0.151. The van der Waals surface area contributed by atoms with Crippen LogP contribution in [0, 0.1) is 11.8 Å². The molecule has 0 radical (unpaired) electrons. The number of aliphatic hydroxyl groups excluding tert-OH is 3. The topological polar surface area (TPSA) is 146 Å². The van der Waals surface area contributed by atoms with Crippen LogP contribution in [0.15, 0.2) is 0 Å². The molecule has 0 aromatic heterocycles. The van der Waals surface area contributed by atoms with E-state index in [2.05, 4.69) is 58.3 Å².